The standard InChI is InChI=1S/C29H41N3O3S.C3H8.2C2H6/c1-20-7-4-5-8-28(35-3)21(2)31(19-27(20)29(30)34)15-6-16-32-22-9-10-23(32)18-26(17-22)36-25-13-11-24(33)12-14-25;1-3-2;2*1-2/h7,11-14,19,22-23,26,33H,4-6,8-10,15-18H2,1-3H3,(H2,30,34);3H2,1-2H3;2*1-2H3/b20-7+,27-19+,28-21-;;;. The highest BCUT2D eigenvalue weighted by atomic mass is 32.2. The Balaban J connectivity index is 0.00000122. The fourth-order valence-electron chi connectivity index (χ4n) is 5.95. The van der Waals surface area contributed by atoms with Gasteiger partial charge in [-0.05, 0) is 88.6 Å². The molecule has 0 aromatic heterocycles. The van der Waals surface area contributed by atoms with E-state index in [1.807, 2.05) is 64.7 Å². The van der Waals surface area contributed by atoms with Gasteiger partial charge < -0.3 is 20.5 Å². The number of benzene rings is 1. The van der Waals surface area contributed by atoms with Gasteiger partial charge in [0.1, 0.15) is 11.5 Å². The summed E-state index contributed by atoms with van der Waals surface area (Å²) in [5, 5.41) is 10.2. The maximum Gasteiger partial charge on any atom is 0.250 e. The molecule has 6 nitrogen and oxygen atoms in total. The molecule has 2 saturated heterocycles. The van der Waals surface area contributed by atoms with Crippen LogP contribution in [0.2, 0.25) is 0 Å². The molecule has 3 heterocycles. The molecule has 0 radical (unpaired) electrons. The van der Waals surface area contributed by atoms with E-state index in [0.717, 1.165) is 55.8 Å². The maximum atomic E-state index is 12.2. The summed E-state index contributed by atoms with van der Waals surface area (Å²) in [6.07, 6.45) is 14.1. The molecule has 0 aliphatic carbocycles. The van der Waals surface area contributed by atoms with Crippen LogP contribution in [-0.4, -0.2) is 58.3 Å². The van der Waals surface area contributed by atoms with Crippen LogP contribution in [0.4, 0.5) is 0 Å². The third-order valence-corrected chi connectivity index (χ3v) is 9.17. The number of methoxy groups -OCH3 is 1. The maximum absolute atomic E-state index is 12.2. The molecule has 3 aliphatic rings. The molecular formula is C36H61N3O3S. The molecule has 1 amide bonds. The van der Waals surface area contributed by atoms with Crippen LogP contribution in [0.15, 0.2) is 64.0 Å². The number of phenolic OH excluding ortho intramolecular Hbond substituents is 1. The largest absolute Gasteiger partial charge is 0.508 e. The third kappa shape index (κ3) is 12.3. The van der Waals surface area contributed by atoms with E-state index in [4.69, 9.17) is 10.5 Å². The highest BCUT2D eigenvalue weighted by Crippen LogP contribution is 2.42. The number of amides is 1. The SMILES string of the molecule is CC.CC.CCC.CO/C1=C(/C)N(CCCN2C3CCC2CC(Sc2ccc(O)cc2)C3)/C=C(C(N)=O)\C(C)=C\CCC1. The van der Waals surface area contributed by atoms with Crippen LogP contribution >= 0.6 is 11.8 Å². The summed E-state index contributed by atoms with van der Waals surface area (Å²) in [7, 11) is 1.74. The van der Waals surface area contributed by atoms with Gasteiger partial charge in [-0.15, -0.1) is 11.8 Å². The Bertz CT molecular complexity index is 1020. The molecule has 2 atom stereocenters. The fourth-order valence-corrected chi connectivity index (χ4v) is 7.27. The van der Waals surface area contributed by atoms with Gasteiger partial charge in [-0.25, -0.2) is 0 Å². The Morgan fingerprint density at radius 1 is 1.02 bits per heavy atom. The van der Waals surface area contributed by atoms with E-state index in [-0.39, 0.29) is 5.91 Å². The molecular weight excluding hydrogens is 554 g/mol. The van der Waals surface area contributed by atoms with Crippen LogP contribution in [0.5, 0.6) is 5.75 Å². The lowest BCUT2D eigenvalue weighted by molar-refractivity contribution is -0.114. The second kappa shape index (κ2) is 21.3. The second-order valence-corrected chi connectivity index (χ2v) is 12.4. The Morgan fingerprint density at radius 3 is 2.14 bits per heavy atom. The summed E-state index contributed by atoms with van der Waals surface area (Å²) in [5.74, 6) is 0.926. The number of hydrogen-bond donors (Lipinski definition) is 2. The smallest absolute Gasteiger partial charge is 0.250 e. The van der Waals surface area contributed by atoms with Crippen molar-refractivity contribution < 1.29 is 14.6 Å². The Morgan fingerprint density at radius 2 is 1.60 bits per heavy atom. The minimum Gasteiger partial charge on any atom is -0.508 e. The predicted octanol–water partition coefficient (Wildman–Crippen LogP) is 9.02. The van der Waals surface area contributed by atoms with Crippen molar-refractivity contribution in [3.8, 4) is 5.75 Å². The van der Waals surface area contributed by atoms with Crippen molar-refractivity contribution in [3.63, 3.8) is 0 Å². The van der Waals surface area contributed by atoms with Crippen molar-refractivity contribution in [2.75, 3.05) is 20.2 Å². The van der Waals surface area contributed by atoms with E-state index in [1.165, 1.54) is 37.0 Å². The summed E-state index contributed by atoms with van der Waals surface area (Å²) >= 11 is 1.96. The molecule has 3 N–H and O–H groups in total. The highest BCUT2D eigenvalue weighted by Gasteiger charge is 2.40. The van der Waals surface area contributed by atoms with Gasteiger partial charge in [0.15, 0.2) is 0 Å². The molecule has 1 aromatic carbocycles. The molecule has 43 heavy (non-hydrogen) atoms. The fraction of sp³-hybridized carbons (Fsp3) is 0.639. The van der Waals surface area contributed by atoms with Gasteiger partial charge >= 0.3 is 0 Å². The number of hydrogen-bond acceptors (Lipinski definition) is 6. The van der Waals surface area contributed by atoms with Crippen molar-refractivity contribution in [2.45, 2.75) is 135 Å². The number of nitrogens with zero attached hydrogens (tertiary/aromatic N) is 2. The quantitative estimate of drug-likeness (QED) is 0.304. The Kier molecular flexibility index (Phi) is 19.2. The summed E-state index contributed by atoms with van der Waals surface area (Å²) in [5.41, 5.74) is 8.37. The van der Waals surface area contributed by atoms with Crippen molar-refractivity contribution in [1.29, 1.82) is 0 Å². The lowest BCUT2D eigenvalue weighted by atomic mass is 10.0. The average Bonchev–Trinajstić information content (AvgIpc) is 3.24. The van der Waals surface area contributed by atoms with Gasteiger partial charge in [-0.2, -0.15) is 0 Å². The summed E-state index contributed by atoms with van der Waals surface area (Å²) in [4.78, 5) is 18.4. The minimum atomic E-state index is -0.382. The number of fused-ring (bicyclic) bond motifs is 2. The van der Waals surface area contributed by atoms with Crippen molar-refractivity contribution in [2.24, 2.45) is 5.73 Å². The molecule has 7 heteroatoms. The van der Waals surface area contributed by atoms with E-state index < -0.39 is 0 Å². The van der Waals surface area contributed by atoms with Gasteiger partial charge in [0.05, 0.1) is 18.4 Å². The van der Waals surface area contributed by atoms with E-state index >= 15 is 0 Å². The van der Waals surface area contributed by atoms with Gasteiger partial charge in [0.25, 0.3) is 0 Å². The van der Waals surface area contributed by atoms with Gasteiger partial charge in [-0.1, -0.05) is 54.0 Å². The topological polar surface area (TPSA) is 79.0 Å². The average molecular weight is 616 g/mol. The lowest BCUT2D eigenvalue weighted by Gasteiger charge is -2.39. The first-order chi connectivity index (χ1) is 20.8. The first-order valence-corrected chi connectivity index (χ1v) is 17.6. The van der Waals surface area contributed by atoms with Crippen molar-refractivity contribution in [1.82, 2.24) is 9.80 Å². The molecule has 1 aromatic rings. The van der Waals surface area contributed by atoms with E-state index in [2.05, 4.69) is 36.6 Å². The Labute approximate surface area is 267 Å². The van der Waals surface area contributed by atoms with Crippen LogP contribution in [0.1, 0.15) is 113 Å². The first-order valence-electron chi connectivity index (χ1n) is 16.7. The first kappa shape index (κ1) is 38.6. The number of rotatable bonds is 8. The third-order valence-electron chi connectivity index (χ3n) is 7.91. The molecule has 2 fully saturated rings. The number of nitrogens with two attached hydrogens (primary N) is 1. The molecule has 244 valence electrons. The zero-order valence-electron chi connectivity index (χ0n) is 28.6. The molecule has 2 bridgehead atoms. The van der Waals surface area contributed by atoms with Gasteiger partial charge in [-0.3, -0.25) is 9.69 Å². The van der Waals surface area contributed by atoms with Crippen LogP contribution in [0, 0.1) is 0 Å². The second-order valence-electron chi connectivity index (χ2n) is 11.0. The number of carbonyl (C=O) groups is 1. The van der Waals surface area contributed by atoms with Crippen LogP contribution in [0.25, 0.3) is 0 Å². The molecule has 0 saturated carbocycles. The molecule has 0 spiro atoms. The highest BCUT2D eigenvalue weighted by molar-refractivity contribution is 8.00. The van der Waals surface area contributed by atoms with Crippen molar-refractivity contribution in [3.05, 3.63) is 59.1 Å². The number of aromatic hydroxyl groups is 1. The van der Waals surface area contributed by atoms with E-state index in [1.54, 1.807) is 19.2 Å². The number of ether oxygens (including phenoxy) is 1. The summed E-state index contributed by atoms with van der Waals surface area (Å²) in [6.45, 7) is 18.2. The van der Waals surface area contributed by atoms with Crippen LogP contribution < -0.4 is 5.73 Å². The number of thioether (sulfide) groups is 1. The Hall–Kier alpha value is -2.38. The van der Waals surface area contributed by atoms with Crippen molar-refractivity contribution >= 4 is 17.7 Å². The van der Waals surface area contributed by atoms with E-state index in [0.29, 0.717) is 28.7 Å². The van der Waals surface area contributed by atoms with Crippen LogP contribution in [-0.2, 0) is 9.53 Å². The predicted molar refractivity (Wildman–Crippen MR) is 185 cm³/mol. The van der Waals surface area contributed by atoms with Crippen LogP contribution in [0.3, 0.4) is 0 Å². The molecule has 2 unspecified atom stereocenters. The zero-order chi connectivity index (χ0) is 32.4. The molecule has 4 rings (SSSR count). The summed E-state index contributed by atoms with van der Waals surface area (Å²) in [6, 6.07) is 8.90. The van der Waals surface area contributed by atoms with Gasteiger partial charge in [0.2, 0.25) is 5.91 Å². The number of carbonyl (C=O) groups excluding carboxylic acids is 1. The summed E-state index contributed by atoms with van der Waals surface area (Å²) < 4.78 is 5.74. The number of primary amides is 1. The number of piperidine rings is 1. The monoisotopic (exact) mass is 615 g/mol. The van der Waals surface area contributed by atoms with E-state index in [9.17, 15) is 9.90 Å². The normalized spacial score (nSPS) is 26.1. The number of allylic oxidation sites excluding steroid dienone is 3. The lowest BCUT2D eigenvalue weighted by Crippen LogP contribution is -2.44. The minimum absolute atomic E-state index is 0.326. The molecule has 3 aliphatic heterocycles. The number of phenols is 1. The van der Waals surface area contributed by atoms with Gasteiger partial charge in [0, 0.05) is 47.9 Å². The zero-order valence-corrected chi connectivity index (χ0v) is 29.4.